The molecule has 0 aliphatic heterocycles. The molecule has 0 aliphatic rings. The third-order valence-electron chi connectivity index (χ3n) is 1.46. The minimum atomic E-state index is 0.685. The average molecular weight is 152 g/mol. The highest BCUT2D eigenvalue weighted by atomic mass is 13.9. The van der Waals surface area contributed by atoms with Gasteiger partial charge in [0.25, 0.3) is 0 Å². The van der Waals surface area contributed by atoms with Gasteiger partial charge in [-0.15, -0.1) is 0 Å². The molecule has 0 nitrogen and oxygen atoms in total. The van der Waals surface area contributed by atoms with Crippen molar-refractivity contribution in [1.29, 1.82) is 0 Å². The predicted octanol–water partition coefficient (Wildman–Crippen LogP) is 3.95. The van der Waals surface area contributed by atoms with Gasteiger partial charge in [-0.2, -0.15) is 0 Å². The summed E-state index contributed by atoms with van der Waals surface area (Å²) in [5.74, 6) is 0.685. The third kappa shape index (κ3) is 7.38. The molecular formula is C11H20. The molecular weight excluding hydrogens is 132 g/mol. The number of allylic oxidation sites excluding steroid dienone is 4. The van der Waals surface area contributed by atoms with Crippen molar-refractivity contribution in [2.75, 3.05) is 0 Å². The van der Waals surface area contributed by atoms with Gasteiger partial charge >= 0.3 is 0 Å². The third-order valence-corrected chi connectivity index (χ3v) is 1.46. The first kappa shape index (κ1) is 10.5. The Morgan fingerprint density at radius 2 is 1.91 bits per heavy atom. The fraction of sp³-hybridized carbons (Fsp3) is 0.636. The van der Waals surface area contributed by atoms with Crippen LogP contribution in [0.15, 0.2) is 23.8 Å². The van der Waals surface area contributed by atoms with Crippen LogP contribution >= 0.6 is 0 Å². The Balaban J connectivity index is 3.68. The maximum Gasteiger partial charge on any atom is -0.0142 e. The standard InChI is InChI=1S/C11H20/c1-5-6-7-8-11(4)9-10(2)3/h6-7,9-10H,5,8H2,1-4H3. The SMILES string of the molecule is CCC=CCC(C)=CC(C)C. The summed E-state index contributed by atoms with van der Waals surface area (Å²) < 4.78 is 0. The number of hydrogen-bond acceptors (Lipinski definition) is 0. The lowest BCUT2D eigenvalue weighted by Gasteiger charge is -1.98. The van der Waals surface area contributed by atoms with Crippen LogP contribution in [0.5, 0.6) is 0 Å². The van der Waals surface area contributed by atoms with E-state index < -0.39 is 0 Å². The Morgan fingerprint density at radius 1 is 1.27 bits per heavy atom. The second-order valence-corrected chi connectivity index (χ2v) is 3.34. The summed E-state index contributed by atoms with van der Waals surface area (Å²) in [4.78, 5) is 0. The second kappa shape index (κ2) is 6.21. The molecule has 0 aliphatic carbocycles. The molecule has 0 saturated heterocycles. The molecule has 64 valence electrons. The molecule has 0 amide bonds. The van der Waals surface area contributed by atoms with Crippen molar-refractivity contribution in [3.63, 3.8) is 0 Å². The summed E-state index contributed by atoms with van der Waals surface area (Å²) in [6, 6.07) is 0. The Labute approximate surface area is 71.0 Å². The molecule has 0 saturated carbocycles. The van der Waals surface area contributed by atoms with Crippen LogP contribution in [-0.4, -0.2) is 0 Å². The van der Waals surface area contributed by atoms with E-state index in [0.717, 1.165) is 12.8 Å². The molecule has 11 heavy (non-hydrogen) atoms. The molecule has 0 N–H and O–H groups in total. The first-order chi connectivity index (χ1) is 5.16. The van der Waals surface area contributed by atoms with E-state index >= 15 is 0 Å². The van der Waals surface area contributed by atoms with Crippen molar-refractivity contribution in [2.24, 2.45) is 5.92 Å². The monoisotopic (exact) mass is 152 g/mol. The molecule has 0 aromatic heterocycles. The first-order valence-corrected chi connectivity index (χ1v) is 4.49. The summed E-state index contributed by atoms with van der Waals surface area (Å²) in [5, 5.41) is 0. The van der Waals surface area contributed by atoms with Gasteiger partial charge in [0.1, 0.15) is 0 Å². The van der Waals surface area contributed by atoms with Crippen LogP contribution < -0.4 is 0 Å². The van der Waals surface area contributed by atoms with E-state index in [-0.39, 0.29) is 0 Å². The molecule has 0 aromatic carbocycles. The summed E-state index contributed by atoms with van der Waals surface area (Å²) in [5.41, 5.74) is 1.48. The van der Waals surface area contributed by atoms with Gasteiger partial charge in [-0.1, -0.05) is 44.6 Å². The van der Waals surface area contributed by atoms with Crippen molar-refractivity contribution in [2.45, 2.75) is 40.5 Å². The molecule has 0 fully saturated rings. The van der Waals surface area contributed by atoms with E-state index in [1.54, 1.807) is 0 Å². The zero-order valence-corrected chi connectivity index (χ0v) is 8.22. The van der Waals surface area contributed by atoms with Crippen molar-refractivity contribution < 1.29 is 0 Å². The Kier molecular flexibility index (Phi) is 5.91. The first-order valence-electron chi connectivity index (χ1n) is 4.49. The van der Waals surface area contributed by atoms with Crippen molar-refractivity contribution >= 4 is 0 Å². The lowest BCUT2D eigenvalue weighted by molar-refractivity contribution is 0.817. The van der Waals surface area contributed by atoms with Crippen molar-refractivity contribution in [3.05, 3.63) is 23.8 Å². The topological polar surface area (TPSA) is 0 Å². The van der Waals surface area contributed by atoms with Crippen LogP contribution in [0.2, 0.25) is 0 Å². The quantitative estimate of drug-likeness (QED) is 0.535. The smallest absolute Gasteiger partial charge is 0.0142 e. The fourth-order valence-corrected chi connectivity index (χ4v) is 1.07. The molecule has 0 rings (SSSR count). The van der Waals surface area contributed by atoms with E-state index in [1.165, 1.54) is 5.57 Å². The van der Waals surface area contributed by atoms with Gasteiger partial charge in [-0.25, -0.2) is 0 Å². The zero-order valence-electron chi connectivity index (χ0n) is 8.22. The van der Waals surface area contributed by atoms with Gasteiger partial charge in [0.05, 0.1) is 0 Å². The normalized spacial score (nSPS) is 13.4. The largest absolute Gasteiger partial charge is 0.0885 e. The van der Waals surface area contributed by atoms with Gasteiger partial charge in [-0.05, 0) is 25.7 Å². The van der Waals surface area contributed by atoms with Gasteiger partial charge in [0.15, 0.2) is 0 Å². The summed E-state index contributed by atoms with van der Waals surface area (Å²) in [6.07, 6.45) is 9.05. The van der Waals surface area contributed by atoms with Gasteiger partial charge in [-0.3, -0.25) is 0 Å². The Bertz CT molecular complexity index is 138. The summed E-state index contributed by atoms with van der Waals surface area (Å²) >= 11 is 0. The molecule has 0 aromatic rings. The lowest BCUT2D eigenvalue weighted by atomic mass is 10.1. The van der Waals surface area contributed by atoms with Gasteiger partial charge < -0.3 is 0 Å². The van der Waals surface area contributed by atoms with Crippen molar-refractivity contribution in [1.82, 2.24) is 0 Å². The Hall–Kier alpha value is -0.520. The fourth-order valence-electron chi connectivity index (χ4n) is 1.07. The number of rotatable bonds is 4. The number of hydrogen-bond donors (Lipinski definition) is 0. The van der Waals surface area contributed by atoms with E-state index in [1.807, 2.05) is 0 Å². The van der Waals surface area contributed by atoms with E-state index in [4.69, 9.17) is 0 Å². The van der Waals surface area contributed by atoms with Crippen LogP contribution in [0.3, 0.4) is 0 Å². The summed E-state index contributed by atoms with van der Waals surface area (Å²) in [6.45, 7) is 8.79. The zero-order chi connectivity index (χ0) is 8.69. The van der Waals surface area contributed by atoms with Gasteiger partial charge in [0, 0.05) is 0 Å². The minimum Gasteiger partial charge on any atom is -0.0885 e. The van der Waals surface area contributed by atoms with Crippen LogP contribution in [0.1, 0.15) is 40.5 Å². The molecule has 0 unspecified atom stereocenters. The van der Waals surface area contributed by atoms with E-state index in [9.17, 15) is 0 Å². The van der Waals surface area contributed by atoms with Crippen LogP contribution in [0, 0.1) is 5.92 Å². The maximum absolute atomic E-state index is 2.32. The predicted molar refractivity (Wildman–Crippen MR) is 52.6 cm³/mol. The lowest BCUT2D eigenvalue weighted by Crippen LogP contribution is -1.81. The van der Waals surface area contributed by atoms with Crippen molar-refractivity contribution in [3.8, 4) is 0 Å². The molecule has 0 spiro atoms. The minimum absolute atomic E-state index is 0.685. The Morgan fingerprint density at radius 3 is 2.36 bits per heavy atom. The molecule has 0 radical (unpaired) electrons. The summed E-state index contributed by atoms with van der Waals surface area (Å²) in [7, 11) is 0. The average Bonchev–Trinajstić information content (AvgIpc) is 1.86. The molecule has 0 heterocycles. The highest BCUT2D eigenvalue weighted by Gasteiger charge is 1.88. The van der Waals surface area contributed by atoms with Gasteiger partial charge in [0.2, 0.25) is 0 Å². The highest BCUT2D eigenvalue weighted by molar-refractivity contribution is 5.05. The van der Waals surface area contributed by atoms with Crippen LogP contribution in [0.25, 0.3) is 0 Å². The second-order valence-electron chi connectivity index (χ2n) is 3.34. The van der Waals surface area contributed by atoms with Crippen LogP contribution in [0.4, 0.5) is 0 Å². The van der Waals surface area contributed by atoms with E-state index in [2.05, 4.69) is 45.9 Å². The van der Waals surface area contributed by atoms with Crippen LogP contribution in [-0.2, 0) is 0 Å². The molecule has 0 heteroatoms. The highest BCUT2D eigenvalue weighted by Crippen LogP contribution is 2.06. The molecule has 0 bridgehead atoms. The van der Waals surface area contributed by atoms with E-state index in [0.29, 0.717) is 5.92 Å². The maximum atomic E-state index is 2.32. The molecule has 0 atom stereocenters.